The molecule has 0 radical (unpaired) electrons. The Labute approximate surface area is 109 Å². The van der Waals surface area contributed by atoms with E-state index in [1.807, 2.05) is 6.07 Å². The summed E-state index contributed by atoms with van der Waals surface area (Å²) in [6.45, 7) is 2.10. The van der Waals surface area contributed by atoms with Crippen LogP contribution in [0.5, 0.6) is 0 Å². The third-order valence-corrected chi connectivity index (χ3v) is 3.02. The van der Waals surface area contributed by atoms with E-state index in [1.165, 1.54) is 16.7 Å². The van der Waals surface area contributed by atoms with Gasteiger partial charge >= 0.3 is 0 Å². The summed E-state index contributed by atoms with van der Waals surface area (Å²) in [5.74, 6) is 0. The van der Waals surface area contributed by atoms with Crippen LogP contribution in [0.15, 0.2) is 54.6 Å². The normalized spacial score (nSPS) is 12.3. The quantitative estimate of drug-likeness (QED) is 0.810. The van der Waals surface area contributed by atoms with Crippen LogP contribution < -0.4 is 5.48 Å². The van der Waals surface area contributed by atoms with E-state index in [2.05, 4.69) is 60.9 Å². The molecule has 2 heteroatoms. The second-order valence-electron chi connectivity index (χ2n) is 4.47. The van der Waals surface area contributed by atoms with Crippen LogP contribution in [0.25, 0.3) is 0 Å². The molecule has 0 spiro atoms. The van der Waals surface area contributed by atoms with Crippen LogP contribution in [0.3, 0.4) is 0 Å². The van der Waals surface area contributed by atoms with Gasteiger partial charge in [0.25, 0.3) is 0 Å². The third-order valence-electron chi connectivity index (χ3n) is 3.02. The van der Waals surface area contributed by atoms with E-state index in [0.717, 1.165) is 6.42 Å². The van der Waals surface area contributed by atoms with Gasteiger partial charge in [0.05, 0.1) is 13.2 Å². The lowest BCUT2D eigenvalue weighted by molar-refractivity contribution is 0.0605. The van der Waals surface area contributed by atoms with Gasteiger partial charge in [-0.2, -0.15) is 5.48 Å². The van der Waals surface area contributed by atoms with Crippen molar-refractivity contribution in [2.24, 2.45) is 0 Å². The minimum Gasteiger partial charge on any atom is -0.305 e. The van der Waals surface area contributed by atoms with Crippen LogP contribution in [0.2, 0.25) is 0 Å². The van der Waals surface area contributed by atoms with Crippen molar-refractivity contribution in [2.75, 3.05) is 7.11 Å². The van der Waals surface area contributed by atoms with Crippen molar-refractivity contribution in [1.29, 1.82) is 0 Å². The lowest BCUT2D eigenvalue weighted by Gasteiger charge is -2.17. The van der Waals surface area contributed by atoms with E-state index in [1.54, 1.807) is 7.11 Å². The number of hydrogen-bond acceptors (Lipinski definition) is 2. The second-order valence-corrected chi connectivity index (χ2v) is 4.47. The van der Waals surface area contributed by atoms with Crippen molar-refractivity contribution in [1.82, 2.24) is 5.48 Å². The van der Waals surface area contributed by atoms with Crippen LogP contribution in [0, 0.1) is 6.92 Å². The number of rotatable bonds is 5. The van der Waals surface area contributed by atoms with Crippen molar-refractivity contribution < 1.29 is 4.84 Å². The number of hydrogen-bond donors (Lipinski definition) is 1. The average Bonchev–Trinajstić information content (AvgIpc) is 2.42. The maximum Gasteiger partial charge on any atom is 0.0611 e. The van der Waals surface area contributed by atoms with E-state index in [-0.39, 0.29) is 6.04 Å². The average molecular weight is 241 g/mol. The predicted molar refractivity (Wildman–Crippen MR) is 74.2 cm³/mol. The molecule has 2 aromatic rings. The molecule has 94 valence electrons. The number of aryl methyl sites for hydroxylation is 1. The molecule has 2 nitrogen and oxygen atoms in total. The Morgan fingerprint density at radius 1 is 1.00 bits per heavy atom. The number of hydroxylamine groups is 1. The van der Waals surface area contributed by atoms with E-state index in [0.29, 0.717) is 0 Å². The van der Waals surface area contributed by atoms with Gasteiger partial charge in [-0.05, 0) is 24.5 Å². The molecule has 0 aromatic heterocycles. The van der Waals surface area contributed by atoms with E-state index in [4.69, 9.17) is 4.84 Å². The maximum absolute atomic E-state index is 5.10. The molecule has 1 N–H and O–H groups in total. The monoisotopic (exact) mass is 241 g/mol. The first kappa shape index (κ1) is 12.8. The summed E-state index contributed by atoms with van der Waals surface area (Å²) in [5.41, 5.74) is 6.89. The number of benzene rings is 2. The van der Waals surface area contributed by atoms with Crippen LogP contribution in [-0.4, -0.2) is 7.11 Å². The zero-order valence-corrected chi connectivity index (χ0v) is 10.9. The molecule has 0 aliphatic heterocycles. The van der Waals surface area contributed by atoms with Crippen LogP contribution >= 0.6 is 0 Å². The first-order valence-corrected chi connectivity index (χ1v) is 6.18. The van der Waals surface area contributed by atoms with Crippen LogP contribution in [0.1, 0.15) is 22.7 Å². The van der Waals surface area contributed by atoms with Gasteiger partial charge in [0, 0.05) is 0 Å². The summed E-state index contributed by atoms with van der Waals surface area (Å²) < 4.78 is 0. The minimum absolute atomic E-state index is 0.180. The molecule has 0 heterocycles. The standard InChI is InChI=1S/C16H19NO/c1-13-8-10-14(11-9-13)12-16(17-18-2)15-6-4-3-5-7-15/h3-11,16-17H,12H2,1-2H3. The maximum atomic E-state index is 5.10. The van der Waals surface area contributed by atoms with Crippen molar-refractivity contribution >= 4 is 0 Å². The molecule has 0 saturated carbocycles. The van der Waals surface area contributed by atoms with Gasteiger partial charge in [-0.1, -0.05) is 60.2 Å². The highest BCUT2D eigenvalue weighted by molar-refractivity contribution is 5.25. The molecule has 2 aromatic carbocycles. The first-order chi connectivity index (χ1) is 8.79. The first-order valence-electron chi connectivity index (χ1n) is 6.18. The summed E-state index contributed by atoms with van der Waals surface area (Å²) in [4.78, 5) is 5.10. The minimum atomic E-state index is 0.180. The van der Waals surface area contributed by atoms with Gasteiger partial charge in [0.1, 0.15) is 0 Å². The Bertz CT molecular complexity index is 464. The summed E-state index contributed by atoms with van der Waals surface area (Å²) in [7, 11) is 1.66. The van der Waals surface area contributed by atoms with Gasteiger partial charge in [-0.3, -0.25) is 0 Å². The van der Waals surface area contributed by atoms with E-state index < -0.39 is 0 Å². The van der Waals surface area contributed by atoms with E-state index in [9.17, 15) is 0 Å². The summed E-state index contributed by atoms with van der Waals surface area (Å²) >= 11 is 0. The largest absolute Gasteiger partial charge is 0.305 e. The molecule has 0 aliphatic rings. The van der Waals surface area contributed by atoms with Crippen molar-refractivity contribution in [3.05, 3.63) is 71.3 Å². The fourth-order valence-electron chi connectivity index (χ4n) is 2.02. The fraction of sp³-hybridized carbons (Fsp3) is 0.250. The highest BCUT2D eigenvalue weighted by atomic mass is 16.6. The molecular formula is C16H19NO. The van der Waals surface area contributed by atoms with Gasteiger partial charge in [0.2, 0.25) is 0 Å². The molecule has 0 saturated heterocycles. The SMILES string of the molecule is CONC(Cc1ccc(C)cc1)c1ccccc1. The molecular weight excluding hydrogens is 222 g/mol. The lowest BCUT2D eigenvalue weighted by atomic mass is 9.99. The van der Waals surface area contributed by atoms with Gasteiger partial charge in [-0.25, -0.2) is 0 Å². The second kappa shape index (κ2) is 6.34. The van der Waals surface area contributed by atoms with Crippen molar-refractivity contribution in [3.63, 3.8) is 0 Å². The molecule has 1 atom stereocenters. The smallest absolute Gasteiger partial charge is 0.0611 e. The van der Waals surface area contributed by atoms with Gasteiger partial charge in [-0.15, -0.1) is 0 Å². The summed E-state index contributed by atoms with van der Waals surface area (Å²) in [5, 5.41) is 0. The Kier molecular flexibility index (Phi) is 4.51. The Balaban J connectivity index is 2.14. The number of nitrogens with one attached hydrogen (secondary N) is 1. The molecule has 0 fully saturated rings. The zero-order chi connectivity index (χ0) is 12.8. The van der Waals surface area contributed by atoms with Gasteiger partial charge in [0.15, 0.2) is 0 Å². The molecule has 0 aliphatic carbocycles. The highest BCUT2D eigenvalue weighted by Gasteiger charge is 2.11. The Morgan fingerprint density at radius 2 is 1.67 bits per heavy atom. The zero-order valence-electron chi connectivity index (χ0n) is 10.9. The summed E-state index contributed by atoms with van der Waals surface area (Å²) in [6.07, 6.45) is 0.915. The third kappa shape index (κ3) is 3.42. The Hall–Kier alpha value is -1.64. The summed E-state index contributed by atoms with van der Waals surface area (Å²) in [6, 6.07) is 19.2. The van der Waals surface area contributed by atoms with Crippen molar-refractivity contribution in [2.45, 2.75) is 19.4 Å². The predicted octanol–water partition coefficient (Wildman–Crippen LogP) is 3.43. The van der Waals surface area contributed by atoms with Gasteiger partial charge < -0.3 is 4.84 Å². The molecule has 0 amide bonds. The van der Waals surface area contributed by atoms with Crippen LogP contribution in [0.4, 0.5) is 0 Å². The molecule has 2 rings (SSSR count). The van der Waals surface area contributed by atoms with Crippen LogP contribution in [-0.2, 0) is 11.3 Å². The van der Waals surface area contributed by atoms with E-state index >= 15 is 0 Å². The highest BCUT2D eigenvalue weighted by Crippen LogP contribution is 2.18. The molecule has 18 heavy (non-hydrogen) atoms. The van der Waals surface area contributed by atoms with Crippen molar-refractivity contribution in [3.8, 4) is 0 Å². The Morgan fingerprint density at radius 3 is 2.28 bits per heavy atom. The fourth-order valence-corrected chi connectivity index (χ4v) is 2.02. The topological polar surface area (TPSA) is 21.3 Å². The lowest BCUT2D eigenvalue weighted by Crippen LogP contribution is -2.22. The molecule has 1 unspecified atom stereocenters. The molecule has 0 bridgehead atoms.